The Morgan fingerprint density at radius 3 is 1.83 bits per heavy atom. The summed E-state index contributed by atoms with van der Waals surface area (Å²) in [6, 6.07) is 20.0. The van der Waals surface area contributed by atoms with Crippen molar-refractivity contribution >= 4 is 87.8 Å². The molecule has 2 unspecified atom stereocenters. The van der Waals surface area contributed by atoms with Gasteiger partial charge in [-0.2, -0.15) is 0 Å². The number of fused-ring (bicyclic) bond motifs is 4. The number of ketones is 1. The smallest absolute Gasteiger partial charge is 0.337 e. The Morgan fingerprint density at radius 1 is 0.679 bits per heavy atom. The number of anilines is 1. The SMILES string of the molecule is COC(=O)c1ccc(C2=CN3C(=O)c4cc(C)c(OCCCOc5cc6c(cc5OC)C(=O)N5C=C(c7ccc(NC(=O)C(C)CC(=O)C(NC(=O)CCCCCN8C(=O)C=CC8=O)C(C)C)cc7)C[C@H]5C=N6)cc4N=C[C@@H]3C2)cc1. The van der Waals surface area contributed by atoms with Gasteiger partial charge in [-0.3, -0.25) is 48.4 Å². The van der Waals surface area contributed by atoms with Crippen LogP contribution in [0.5, 0.6) is 17.2 Å². The largest absolute Gasteiger partial charge is 0.493 e. The molecule has 420 valence electrons. The van der Waals surface area contributed by atoms with Crippen LogP contribution in [0.1, 0.15) is 120 Å². The third-order valence-electron chi connectivity index (χ3n) is 14.9. The first-order valence-corrected chi connectivity index (χ1v) is 27.2. The fourth-order valence-electron chi connectivity index (χ4n) is 10.3. The lowest BCUT2D eigenvalue weighted by molar-refractivity contribution is -0.137. The summed E-state index contributed by atoms with van der Waals surface area (Å²) in [4.78, 5) is 117. The van der Waals surface area contributed by atoms with Gasteiger partial charge in [0.15, 0.2) is 17.3 Å². The molecular weight excluding hydrogens is 1030 g/mol. The first-order chi connectivity index (χ1) is 39.0. The lowest BCUT2D eigenvalue weighted by atomic mass is 9.92. The van der Waals surface area contributed by atoms with E-state index in [4.69, 9.17) is 28.9 Å². The average molecular weight is 1100 g/mol. The summed E-state index contributed by atoms with van der Waals surface area (Å²) in [5.74, 6) is -1.83. The van der Waals surface area contributed by atoms with Crippen LogP contribution >= 0.6 is 0 Å². The fraction of sp³-hybridized carbons (Fsp3) is 0.355. The zero-order valence-corrected chi connectivity index (χ0v) is 46.2. The summed E-state index contributed by atoms with van der Waals surface area (Å²) in [6.45, 7) is 8.10. The van der Waals surface area contributed by atoms with Crippen LogP contribution in [-0.4, -0.2) is 126 Å². The molecule has 19 nitrogen and oxygen atoms in total. The Labute approximate surface area is 469 Å². The van der Waals surface area contributed by atoms with Crippen LogP contribution in [0.4, 0.5) is 17.1 Å². The Kier molecular flexibility index (Phi) is 17.5. The topological polar surface area (TPSA) is 232 Å². The average Bonchev–Trinajstić information content (AvgIpc) is 4.37. The number of nitrogens with zero attached hydrogens (tertiary/aromatic N) is 5. The maximum atomic E-state index is 14.1. The van der Waals surface area contributed by atoms with E-state index in [0.717, 1.165) is 27.8 Å². The van der Waals surface area contributed by atoms with Gasteiger partial charge in [-0.25, -0.2) is 4.79 Å². The Hall–Kier alpha value is -9.00. The number of esters is 1. The molecule has 19 heteroatoms. The number of amides is 6. The van der Waals surface area contributed by atoms with Crippen molar-refractivity contribution in [1.29, 1.82) is 0 Å². The zero-order chi connectivity index (χ0) is 57.5. The van der Waals surface area contributed by atoms with Crippen LogP contribution in [0.25, 0.3) is 11.1 Å². The molecule has 6 amide bonds. The summed E-state index contributed by atoms with van der Waals surface area (Å²) in [6.07, 6.45) is 13.1. The molecule has 81 heavy (non-hydrogen) atoms. The third kappa shape index (κ3) is 12.9. The first-order valence-electron chi connectivity index (χ1n) is 27.2. The normalized spacial score (nSPS) is 17.6. The number of methoxy groups -OCH3 is 2. The van der Waals surface area contributed by atoms with Crippen molar-refractivity contribution in [3.8, 4) is 17.2 Å². The second kappa shape index (κ2) is 25.0. The highest BCUT2D eigenvalue weighted by atomic mass is 16.5. The summed E-state index contributed by atoms with van der Waals surface area (Å²) >= 11 is 0. The van der Waals surface area contributed by atoms with Crippen molar-refractivity contribution in [1.82, 2.24) is 20.0 Å². The zero-order valence-electron chi connectivity index (χ0n) is 46.2. The number of hydrogen-bond donors (Lipinski definition) is 2. The molecule has 2 N–H and O–H groups in total. The summed E-state index contributed by atoms with van der Waals surface area (Å²) < 4.78 is 22.9. The number of nitrogens with one attached hydrogen (secondary N) is 2. The summed E-state index contributed by atoms with van der Waals surface area (Å²) in [5.41, 5.74) is 7.20. The molecule has 4 atom stereocenters. The molecule has 5 heterocycles. The van der Waals surface area contributed by atoms with E-state index < -0.39 is 17.9 Å². The molecule has 5 aliphatic rings. The number of carbonyl (C=O) groups excluding carboxylic acids is 8. The lowest BCUT2D eigenvalue weighted by Crippen LogP contribution is -2.45. The number of ether oxygens (including phenoxy) is 4. The van der Waals surface area contributed by atoms with Gasteiger partial charge in [0.25, 0.3) is 23.6 Å². The van der Waals surface area contributed by atoms with Gasteiger partial charge in [-0.05, 0) is 89.9 Å². The van der Waals surface area contributed by atoms with Gasteiger partial charge in [-0.15, -0.1) is 0 Å². The number of rotatable bonds is 23. The van der Waals surface area contributed by atoms with Crippen molar-refractivity contribution < 1.29 is 57.3 Å². The van der Waals surface area contributed by atoms with Gasteiger partial charge >= 0.3 is 5.97 Å². The van der Waals surface area contributed by atoms with E-state index in [9.17, 15) is 38.4 Å². The van der Waals surface area contributed by atoms with Crippen molar-refractivity contribution in [2.45, 2.75) is 97.2 Å². The number of Topliss-reactive ketones (excluding diaryl/α,β-unsaturated/α-hetero) is 1. The standard InChI is InChI=1S/C62H65N7O12/c1-36(2)58(66-55(71)11-8-7-9-22-67-56(72)20-21-57(67)73)51(70)26-38(4)59(74)65-44-18-16-40(17-19-44)43-28-46-33-64-50-31-54(53(78-5)29-48(50)61(76)69(46)35-43)81-24-10-23-80-52-30-49-47(25-37(52)3)60(75)68-34-42(27-45(68)32-63-49)39-12-14-41(15-13-39)62(77)79-6/h12-21,25,29-36,38,45-46,58H,7-11,22-24,26-28H2,1-6H3,(H,65,74)(H,66,71)/t38?,45-,46-,58?/m0/s1. The van der Waals surface area contributed by atoms with Gasteiger partial charge < -0.3 is 39.4 Å². The Balaban J connectivity index is 0.732. The quantitative estimate of drug-likeness (QED) is 0.0403. The molecule has 0 fully saturated rings. The van der Waals surface area contributed by atoms with E-state index in [0.29, 0.717) is 103 Å². The highest BCUT2D eigenvalue weighted by Crippen LogP contribution is 2.41. The van der Waals surface area contributed by atoms with Crippen molar-refractivity contribution in [2.75, 3.05) is 39.3 Å². The third-order valence-corrected chi connectivity index (χ3v) is 14.9. The van der Waals surface area contributed by atoms with E-state index in [1.807, 2.05) is 57.4 Å². The minimum Gasteiger partial charge on any atom is -0.493 e. The number of benzene rings is 4. The molecule has 0 aromatic heterocycles. The van der Waals surface area contributed by atoms with E-state index in [1.54, 1.807) is 77.7 Å². The molecule has 4 aromatic rings. The molecule has 0 bridgehead atoms. The molecule has 0 aliphatic carbocycles. The van der Waals surface area contributed by atoms with E-state index in [2.05, 4.69) is 10.6 Å². The van der Waals surface area contributed by atoms with Gasteiger partial charge in [0, 0.05) is 99.4 Å². The van der Waals surface area contributed by atoms with Gasteiger partial charge in [0.2, 0.25) is 11.8 Å². The van der Waals surface area contributed by atoms with Crippen molar-refractivity contribution in [2.24, 2.45) is 21.8 Å². The van der Waals surface area contributed by atoms with Crippen LogP contribution in [0.15, 0.2) is 107 Å². The minimum absolute atomic E-state index is 0.0693. The molecule has 0 saturated heterocycles. The maximum Gasteiger partial charge on any atom is 0.337 e. The number of aryl methyl sites for hydroxylation is 1. The minimum atomic E-state index is -0.760. The number of hydrogen-bond acceptors (Lipinski definition) is 14. The predicted molar refractivity (Wildman–Crippen MR) is 304 cm³/mol. The summed E-state index contributed by atoms with van der Waals surface area (Å²) in [5, 5.41) is 5.74. The predicted octanol–water partition coefficient (Wildman–Crippen LogP) is 8.74. The number of carbonyl (C=O) groups is 8. The number of imide groups is 1. The molecule has 0 saturated carbocycles. The van der Waals surface area contributed by atoms with Crippen LogP contribution in [0, 0.1) is 18.8 Å². The van der Waals surface area contributed by atoms with Crippen molar-refractivity contribution in [3.05, 3.63) is 131 Å². The molecule has 5 aliphatic heterocycles. The highest BCUT2D eigenvalue weighted by molar-refractivity contribution is 6.13. The lowest BCUT2D eigenvalue weighted by Gasteiger charge is -2.23. The second-order valence-electron chi connectivity index (χ2n) is 21.0. The maximum absolute atomic E-state index is 14.1. The summed E-state index contributed by atoms with van der Waals surface area (Å²) in [7, 11) is 2.85. The Bertz CT molecular complexity index is 3310. The fourth-order valence-corrected chi connectivity index (χ4v) is 10.3. The number of unbranched alkanes of at least 4 members (excludes halogenated alkanes) is 2. The van der Waals surface area contributed by atoms with E-state index >= 15 is 0 Å². The van der Waals surface area contributed by atoms with Crippen LogP contribution < -0.4 is 24.8 Å². The molecule has 0 radical (unpaired) electrons. The Morgan fingerprint density at radius 2 is 1.25 bits per heavy atom. The molecule has 9 rings (SSSR count). The van der Waals surface area contributed by atoms with E-state index in [-0.39, 0.29) is 78.7 Å². The second-order valence-corrected chi connectivity index (χ2v) is 21.0. The molecular formula is C62H65N7O12. The number of aliphatic imine (C=N–C) groups is 2. The van der Waals surface area contributed by atoms with E-state index in [1.165, 1.54) is 31.3 Å². The van der Waals surface area contributed by atoms with Crippen LogP contribution in [0.3, 0.4) is 0 Å². The van der Waals surface area contributed by atoms with Crippen molar-refractivity contribution in [3.63, 3.8) is 0 Å². The van der Waals surface area contributed by atoms with Gasteiger partial charge in [0.05, 0.1) is 73.6 Å². The van der Waals surface area contributed by atoms with Crippen LogP contribution in [-0.2, 0) is 28.7 Å². The van der Waals surface area contributed by atoms with Gasteiger partial charge in [0.1, 0.15) is 5.75 Å². The van der Waals surface area contributed by atoms with Gasteiger partial charge in [-0.1, -0.05) is 51.5 Å². The monoisotopic (exact) mass is 1100 g/mol. The first kappa shape index (κ1) is 56.7. The van der Waals surface area contributed by atoms with Crippen LogP contribution in [0.2, 0.25) is 0 Å². The molecule has 4 aromatic carbocycles. The molecule has 0 spiro atoms. The highest BCUT2D eigenvalue weighted by Gasteiger charge is 2.36.